The van der Waals surface area contributed by atoms with E-state index in [1.54, 1.807) is 13.0 Å². The SMILES string of the molecule is CCNC(=NCc1ccc(F)c(C)c1)NCC(C)N(C)C1CC1. The molecule has 1 fully saturated rings. The molecule has 4 nitrogen and oxygen atoms in total. The zero-order valence-electron chi connectivity index (χ0n) is 14.7. The van der Waals surface area contributed by atoms with Crippen molar-refractivity contribution in [3.8, 4) is 0 Å². The van der Waals surface area contributed by atoms with Crippen LogP contribution in [0.15, 0.2) is 23.2 Å². The molecule has 5 heteroatoms. The van der Waals surface area contributed by atoms with Gasteiger partial charge < -0.3 is 10.6 Å². The van der Waals surface area contributed by atoms with Gasteiger partial charge in [-0.25, -0.2) is 9.38 Å². The average Bonchev–Trinajstić information content (AvgIpc) is 3.37. The van der Waals surface area contributed by atoms with Gasteiger partial charge in [0.05, 0.1) is 6.54 Å². The Hall–Kier alpha value is -1.62. The Kier molecular flexibility index (Phi) is 6.39. The van der Waals surface area contributed by atoms with Gasteiger partial charge in [0.25, 0.3) is 0 Å². The van der Waals surface area contributed by atoms with E-state index in [9.17, 15) is 4.39 Å². The Bertz CT molecular complexity index is 540. The lowest BCUT2D eigenvalue weighted by atomic mass is 10.1. The van der Waals surface area contributed by atoms with Crippen molar-refractivity contribution in [2.45, 2.75) is 52.2 Å². The fourth-order valence-electron chi connectivity index (χ4n) is 2.55. The minimum Gasteiger partial charge on any atom is -0.357 e. The average molecular weight is 320 g/mol. The lowest BCUT2D eigenvalue weighted by Gasteiger charge is -2.25. The number of guanidine groups is 1. The highest BCUT2D eigenvalue weighted by atomic mass is 19.1. The fourth-order valence-corrected chi connectivity index (χ4v) is 2.55. The molecule has 0 aliphatic heterocycles. The van der Waals surface area contributed by atoms with Crippen molar-refractivity contribution in [1.82, 2.24) is 15.5 Å². The number of hydrogen-bond donors (Lipinski definition) is 2. The van der Waals surface area contributed by atoms with Crippen LogP contribution >= 0.6 is 0 Å². The number of halogens is 1. The zero-order valence-corrected chi connectivity index (χ0v) is 14.7. The number of likely N-dealkylation sites (N-methyl/N-ethyl adjacent to an activating group) is 1. The second-order valence-electron chi connectivity index (χ2n) is 6.41. The molecule has 128 valence electrons. The molecule has 1 saturated carbocycles. The number of aryl methyl sites for hydroxylation is 1. The number of hydrogen-bond acceptors (Lipinski definition) is 2. The largest absolute Gasteiger partial charge is 0.357 e. The molecule has 0 heterocycles. The Morgan fingerprint density at radius 1 is 1.39 bits per heavy atom. The molecule has 0 amide bonds. The first-order valence-corrected chi connectivity index (χ1v) is 8.50. The van der Waals surface area contributed by atoms with Gasteiger partial charge in [-0.1, -0.05) is 12.1 Å². The molecular formula is C18H29FN4. The standard InChI is InChI=1S/C18H29FN4/c1-5-20-18(21-11-14(3)23(4)16-7-8-16)22-12-15-6-9-17(19)13(2)10-15/h6,9-10,14,16H,5,7-8,11-12H2,1-4H3,(H2,20,21,22). The van der Waals surface area contributed by atoms with Crippen molar-refractivity contribution < 1.29 is 4.39 Å². The highest BCUT2D eigenvalue weighted by molar-refractivity contribution is 5.79. The van der Waals surface area contributed by atoms with Crippen LogP contribution in [-0.2, 0) is 6.54 Å². The fraction of sp³-hybridized carbons (Fsp3) is 0.611. The number of benzene rings is 1. The van der Waals surface area contributed by atoms with Gasteiger partial charge in [-0.3, -0.25) is 4.90 Å². The van der Waals surface area contributed by atoms with Crippen LogP contribution in [0.4, 0.5) is 4.39 Å². The maximum Gasteiger partial charge on any atom is 0.191 e. The van der Waals surface area contributed by atoms with E-state index >= 15 is 0 Å². The number of aliphatic imine (C=N–C) groups is 1. The molecule has 1 aliphatic rings. The topological polar surface area (TPSA) is 39.7 Å². The van der Waals surface area contributed by atoms with Crippen LogP contribution in [0.25, 0.3) is 0 Å². The summed E-state index contributed by atoms with van der Waals surface area (Å²) in [6.07, 6.45) is 2.64. The molecule has 0 spiro atoms. The summed E-state index contributed by atoms with van der Waals surface area (Å²) in [6.45, 7) is 8.30. The summed E-state index contributed by atoms with van der Waals surface area (Å²) in [4.78, 5) is 7.03. The molecule has 23 heavy (non-hydrogen) atoms. The van der Waals surface area contributed by atoms with Gasteiger partial charge >= 0.3 is 0 Å². The molecule has 0 bridgehead atoms. The molecule has 2 N–H and O–H groups in total. The van der Waals surface area contributed by atoms with Crippen LogP contribution in [0.2, 0.25) is 0 Å². The number of rotatable bonds is 7. The van der Waals surface area contributed by atoms with Crippen molar-refractivity contribution in [2.75, 3.05) is 20.1 Å². The molecule has 1 aliphatic carbocycles. The van der Waals surface area contributed by atoms with E-state index in [-0.39, 0.29) is 5.82 Å². The summed E-state index contributed by atoms with van der Waals surface area (Å²) in [5, 5.41) is 6.67. The molecule has 1 atom stereocenters. The van der Waals surface area contributed by atoms with Crippen LogP contribution in [-0.4, -0.2) is 43.1 Å². The van der Waals surface area contributed by atoms with Gasteiger partial charge in [0.1, 0.15) is 5.82 Å². The van der Waals surface area contributed by atoms with E-state index in [2.05, 4.69) is 41.4 Å². The molecule has 2 rings (SSSR count). The first kappa shape index (κ1) is 17.7. The third-order valence-electron chi connectivity index (χ3n) is 4.37. The predicted molar refractivity (Wildman–Crippen MR) is 94.2 cm³/mol. The van der Waals surface area contributed by atoms with E-state index in [1.807, 2.05) is 6.07 Å². The minimum atomic E-state index is -0.167. The highest BCUT2D eigenvalue weighted by Gasteiger charge is 2.28. The van der Waals surface area contributed by atoms with Crippen LogP contribution < -0.4 is 10.6 Å². The van der Waals surface area contributed by atoms with E-state index in [0.717, 1.165) is 30.7 Å². The molecule has 0 saturated heterocycles. The Morgan fingerprint density at radius 2 is 2.13 bits per heavy atom. The lowest BCUT2D eigenvalue weighted by Crippen LogP contribution is -2.45. The molecule has 0 radical (unpaired) electrons. The van der Waals surface area contributed by atoms with E-state index in [4.69, 9.17) is 0 Å². The first-order chi connectivity index (χ1) is 11.0. The van der Waals surface area contributed by atoms with Crippen LogP contribution in [0.5, 0.6) is 0 Å². The Labute approximate surface area is 139 Å². The Morgan fingerprint density at radius 3 is 2.74 bits per heavy atom. The maximum absolute atomic E-state index is 13.3. The van der Waals surface area contributed by atoms with Gasteiger partial charge in [-0.15, -0.1) is 0 Å². The van der Waals surface area contributed by atoms with Crippen molar-refractivity contribution in [3.05, 3.63) is 35.1 Å². The lowest BCUT2D eigenvalue weighted by molar-refractivity contribution is 0.247. The summed E-state index contributed by atoms with van der Waals surface area (Å²) < 4.78 is 13.3. The summed E-state index contributed by atoms with van der Waals surface area (Å²) in [5.74, 6) is 0.644. The van der Waals surface area contributed by atoms with Crippen LogP contribution in [0.3, 0.4) is 0 Å². The summed E-state index contributed by atoms with van der Waals surface area (Å²) in [7, 11) is 2.19. The van der Waals surface area contributed by atoms with Gasteiger partial charge in [0.15, 0.2) is 5.96 Å². The van der Waals surface area contributed by atoms with Crippen molar-refractivity contribution in [3.63, 3.8) is 0 Å². The Balaban J connectivity index is 1.89. The van der Waals surface area contributed by atoms with Crippen LogP contribution in [0, 0.1) is 12.7 Å². The quantitative estimate of drug-likeness (QED) is 0.599. The number of nitrogens with one attached hydrogen (secondary N) is 2. The van der Waals surface area contributed by atoms with E-state index < -0.39 is 0 Å². The molecule has 0 aromatic heterocycles. The second kappa shape index (κ2) is 8.29. The minimum absolute atomic E-state index is 0.167. The molecule has 1 aromatic rings. The highest BCUT2D eigenvalue weighted by Crippen LogP contribution is 2.26. The van der Waals surface area contributed by atoms with Crippen molar-refractivity contribution in [1.29, 1.82) is 0 Å². The van der Waals surface area contributed by atoms with Gasteiger partial charge in [-0.05, 0) is 57.9 Å². The second-order valence-corrected chi connectivity index (χ2v) is 6.41. The van der Waals surface area contributed by atoms with Gasteiger partial charge in [0, 0.05) is 25.2 Å². The van der Waals surface area contributed by atoms with Gasteiger partial charge in [-0.2, -0.15) is 0 Å². The summed E-state index contributed by atoms with van der Waals surface area (Å²) >= 11 is 0. The summed E-state index contributed by atoms with van der Waals surface area (Å²) in [5.41, 5.74) is 1.68. The smallest absolute Gasteiger partial charge is 0.191 e. The zero-order chi connectivity index (χ0) is 16.8. The third-order valence-corrected chi connectivity index (χ3v) is 4.37. The van der Waals surface area contributed by atoms with Crippen molar-refractivity contribution in [2.24, 2.45) is 4.99 Å². The van der Waals surface area contributed by atoms with E-state index in [1.165, 1.54) is 18.9 Å². The summed E-state index contributed by atoms with van der Waals surface area (Å²) in [6, 6.07) is 6.38. The maximum atomic E-state index is 13.3. The number of nitrogens with zero attached hydrogens (tertiary/aromatic N) is 2. The van der Waals surface area contributed by atoms with Crippen molar-refractivity contribution >= 4 is 5.96 Å². The molecular weight excluding hydrogens is 291 g/mol. The van der Waals surface area contributed by atoms with E-state index in [0.29, 0.717) is 18.2 Å². The third kappa shape index (κ3) is 5.50. The monoisotopic (exact) mass is 320 g/mol. The first-order valence-electron chi connectivity index (χ1n) is 8.50. The predicted octanol–water partition coefficient (Wildman–Crippen LogP) is 2.67. The molecule has 1 unspecified atom stereocenters. The normalized spacial score (nSPS) is 16.5. The van der Waals surface area contributed by atoms with Gasteiger partial charge in [0.2, 0.25) is 0 Å². The van der Waals surface area contributed by atoms with Crippen LogP contribution in [0.1, 0.15) is 37.8 Å². The molecule has 1 aromatic carbocycles.